The summed E-state index contributed by atoms with van der Waals surface area (Å²) >= 11 is 0. The lowest BCUT2D eigenvalue weighted by Gasteiger charge is -2.42. The van der Waals surface area contributed by atoms with Gasteiger partial charge in [0, 0.05) is 5.54 Å². The molecule has 3 atom stereocenters. The molecule has 0 aromatic carbocycles. The van der Waals surface area contributed by atoms with Crippen molar-refractivity contribution in [3.8, 4) is 0 Å². The second kappa shape index (κ2) is 4.38. The summed E-state index contributed by atoms with van der Waals surface area (Å²) in [5, 5.41) is 13.6. The molecule has 0 aliphatic heterocycles. The van der Waals surface area contributed by atoms with E-state index in [9.17, 15) is 5.11 Å². The summed E-state index contributed by atoms with van der Waals surface area (Å²) in [7, 11) is 1.95. The largest absolute Gasteiger partial charge is 0.388 e. The molecule has 1 rings (SSSR count). The molecule has 2 N–H and O–H groups in total. The minimum absolute atomic E-state index is 0. The van der Waals surface area contributed by atoms with Gasteiger partial charge in [0.25, 0.3) is 0 Å². The molecule has 0 aromatic rings. The lowest BCUT2D eigenvalue weighted by molar-refractivity contribution is -0.0228. The molecular formula is C11H24ClNO. The van der Waals surface area contributed by atoms with E-state index in [0.29, 0.717) is 11.8 Å². The van der Waals surface area contributed by atoms with E-state index in [1.54, 1.807) is 0 Å². The molecule has 1 fully saturated rings. The number of nitrogens with one attached hydrogen (secondary N) is 1. The summed E-state index contributed by atoms with van der Waals surface area (Å²) in [6, 6.07) is 0. The van der Waals surface area contributed by atoms with Gasteiger partial charge in [-0.25, -0.2) is 0 Å². The molecule has 14 heavy (non-hydrogen) atoms. The standard InChI is InChI=1S/C11H23NO.ClH/c1-8(2)9-6-7-10(3,13)11(9,4)12-5;/h8-9,12-13H,6-7H2,1-5H3;1H. The van der Waals surface area contributed by atoms with Crippen LogP contribution >= 0.6 is 12.4 Å². The monoisotopic (exact) mass is 221 g/mol. The van der Waals surface area contributed by atoms with E-state index in [1.165, 1.54) is 0 Å². The maximum atomic E-state index is 10.3. The average Bonchev–Trinajstić information content (AvgIpc) is 2.25. The molecule has 0 radical (unpaired) electrons. The number of rotatable bonds is 2. The predicted octanol–water partition coefficient (Wildman–Crippen LogP) is 2.20. The van der Waals surface area contributed by atoms with Gasteiger partial charge in [0.15, 0.2) is 0 Å². The molecule has 0 saturated heterocycles. The highest BCUT2D eigenvalue weighted by Crippen LogP contribution is 2.46. The van der Waals surface area contributed by atoms with Crippen molar-refractivity contribution in [3.63, 3.8) is 0 Å². The van der Waals surface area contributed by atoms with Crippen LogP contribution < -0.4 is 5.32 Å². The van der Waals surface area contributed by atoms with Crippen molar-refractivity contribution in [1.82, 2.24) is 5.32 Å². The third-order valence-corrected chi connectivity index (χ3v) is 4.13. The van der Waals surface area contributed by atoms with Gasteiger partial charge < -0.3 is 10.4 Å². The number of halogens is 1. The Morgan fingerprint density at radius 1 is 1.36 bits per heavy atom. The van der Waals surface area contributed by atoms with E-state index in [-0.39, 0.29) is 17.9 Å². The zero-order valence-electron chi connectivity index (χ0n) is 9.92. The highest BCUT2D eigenvalue weighted by Gasteiger charge is 2.53. The van der Waals surface area contributed by atoms with Gasteiger partial charge in [0.2, 0.25) is 0 Å². The maximum absolute atomic E-state index is 10.3. The summed E-state index contributed by atoms with van der Waals surface area (Å²) < 4.78 is 0. The van der Waals surface area contributed by atoms with Crippen LogP contribution in [-0.4, -0.2) is 23.3 Å². The molecule has 1 aliphatic rings. The van der Waals surface area contributed by atoms with E-state index in [4.69, 9.17) is 0 Å². The van der Waals surface area contributed by atoms with Crippen LogP contribution in [0.2, 0.25) is 0 Å². The Balaban J connectivity index is 0.00000169. The number of hydrogen-bond donors (Lipinski definition) is 2. The normalized spacial score (nSPS) is 42.6. The van der Waals surface area contributed by atoms with E-state index >= 15 is 0 Å². The van der Waals surface area contributed by atoms with E-state index in [2.05, 4.69) is 26.1 Å². The summed E-state index contributed by atoms with van der Waals surface area (Å²) in [6.07, 6.45) is 2.04. The summed E-state index contributed by atoms with van der Waals surface area (Å²) in [4.78, 5) is 0. The van der Waals surface area contributed by atoms with Crippen molar-refractivity contribution in [2.75, 3.05) is 7.05 Å². The minimum atomic E-state index is -0.559. The van der Waals surface area contributed by atoms with Crippen molar-refractivity contribution in [2.45, 2.75) is 51.7 Å². The molecular weight excluding hydrogens is 198 g/mol. The Hall–Kier alpha value is 0.210. The molecule has 1 saturated carbocycles. The maximum Gasteiger partial charge on any atom is 0.0800 e. The highest BCUT2D eigenvalue weighted by atomic mass is 35.5. The molecule has 0 heterocycles. The molecule has 0 bridgehead atoms. The average molecular weight is 222 g/mol. The molecule has 3 unspecified atom stereocenters. The van der Waals surface area contributed by atoms with Crippen LogP contribution in [-0.2, 0) is 0 Å². The zero-order chi connectivity index (χ0) is 10.3. The second-order valence-corrected chi connectivity index (χ2v) is 5.12. The third kappa shape index (κ3) is 1.93. The van der Waals surface area contributed by atoms with Crippen LogP contribution in [0.5, 0.6) is 0 Å². The van der Waals surface area contributed by atoms with Gasteiger partial charge in [0.05, 0.1) is 5.60 Å². The van der Waals surface area contributed by atoms with Crippen molar-refractivity contribution in [2.24, 2.45) is 11.8 Å². The molecule has 86 valence electrons. The first-order valence-corrected chi connectivity index (χ1v) is 5.26. The van der Waals surface area contributed by atoms with Crippen molar-refractivity contribution < 1.29 is 5.11 Å². The summed E-state index contributed by atoms with van der Waals surface area (Å²) in [5.41, 5.74) is -0.683. The van der Waals surface area contributed by atoms with E-state index in [1.807, 2.05) is 14.0 Å². The van der Waals surface area contributed by atoms with Crippen LogP contribution in [0.25, 0.3) is 0 Å². The number of aliphatic hydroxyl groups is 1. The number of likely N-dealkylation sites (N-methyl/N-ethyl adjacent to an activating group) is 1. The van der Waals surface area contributed by atoms with Crippen molar-refractivity contribution >= 4 is 12.4 Å². The quantitative estimate of drug-likeness (QED) is 0.750. The van der Waals surface area contributed by atoms with Crippen LogP contribution in [0.1, 0.15) is 40.5 Å². The lowest BCUT2D eigenvalue weighted by Crippen LogP contribution is -2.59. The second-order valence-electron chi connectivity index (χ2n) is 5.12. The predicted molar refractivity (Wildman–Crippen MR) is 62.9 cm³/mol. The first-order chi connectivity index (χ1) is 5.85. The van der Waals surface area contributed by atoms with Crippen LogP contribution in [0.3, 0.4) is 0 Å². The summed E-state index contributed by atoms with van der Waals surface area (Å²) in [6.45, 7) is 8.57. The Morgan fingerprint density at radius 2 is 1.86 bits per heavy atom. The molecule has 3 heteroatoms. The van der Waals surface area contributed by atoms with Gasteiger partial charge in [0.1, 0.15) is 0 Å². The molecule has 0 amide bonds. The van der Waals surface area contributed by atoms with Gasteiger partial charge in [-0.3, -0.25) is 0 Å². The van der Waals surface area contributed by atoms with Gasteiger partial charge in [-0.2, -0.15) is 0 Å². The fourth-order valence-electron chi connectivity index (χ4n) is 2.84. The van der Waals surface area contributed by atoms with Gasteiger partial charge in [-0.1, -0.05) is 13.8 Å². The minimum Gasteiger partial charge on any atom is -0.388 e. The SMILES string of the molecule is CNC1(C)C(C(C)C)CCC1(C)O.Cl. The Morgan fingerprint density at radius 3 is 2.14 bits per heavy atom. The van der Waals surface area contributed by atoms with Crippen LogP contribution in [0, 0.1) is 11.8 Å². The summed E-state index contributed by atoms with van der Waals surface area (Å²) in [5.74, 6) is 1.21. The topological polar surface area (TPSA) is 32.3 Å². The number of hydrogen-bond acceptors (Lipinski definition) is 2. The molecule has 2 nitrogen and oxygen atoms in total. The smallest absolute Gasteiger partial charge is 0.0800 e. The van der Waals surface area contributed by atoms with Crippen molar-refractivity contribution in [1.29, 1.82) is 0 Å². The Bertz CT molecular complexity index is 194. The van der Waals surface area contributed by atoms with Gasteiger partial charge in [-0.15, -0.1) is 12.4 Å². The molecule has 0 aromatic heterocycles. The zero-order valence-corrected chi connectivity index (χ0v) is 10.7. The van der Waals surface area contributed by atoms with Gasteiger partial charge >= 0.3 is 0 Å². The Labute approximate surface area is 93.9 Å². The fourth-order valence-corrected chi connectivity index (χ4v) is 2.84. The van der Waals surface area contributed by atoms with Crippen LogP contribution in [0.15, 0.2) is 0 Å². The lowest BCUT2D eigenvalue weighted by atomic mass is 9.75. The van der Waals surface area contributed by atoms with E-state index in [0.717, 1.165) is 12.8 Å². The Kier molecular flexibility index (Phi) is 4.44. The molecule has 0 spiro atoms. The third-order valence-electron chi connectivity index (χ3n) is 4.13. The highest BCUT2D eigenvalue weighted by molar-refractivity contribution is 5.85. The first kappa shape index (κ1) is 14.2. The van der Waals surface area contributed by atoms with E-state index < -0.39 is 5.60 Å². The fraction of sp³-hybridized carbons (Fsp3) is 1.00. The molecule has 1 aliphatic carbocycles. The van der Waals surface area contributed by atoms with Gasteiger partial charge in [-0.05, 0) is 45.6 Å². The van der Waals surface area contributed by atoms with Crippen LogP contribution in [0.4, 0.5) is 0 Å². The van der Waals surface area contributed by atoms with Crippen molar-refractivity contribution in [3.05, 3.63) is 0 Å². The first-order valence-electron chi connectivity index (χ1n) is 5.26.